The summed E-state index contributed by atoms with van der Waals surface area (Å²) in [6, 6.07) is 0. The van der Waals surface area contributed by atoms with Gasteiger partial charge in [-0.15, -0.1) is 0 Å². The minimum absolute atomic E-state index is 0.485. The summed E-state index contributed by atoms with van der Waals surface area (Å²) >= 11 is 0. The average Bonchev–Trinajstić information content (AvgIpc) is 2.05. The highest BCUT2D eigenvalue weighted by atomic mass is 14.8. The molecule has 0 spiro atoms. The molecule has 1 aromatic rings. The molecule has 0 saturated carbocycles. The van der Waals surface area contributed by atoms with E-state index in [2.05, 4.69) is 44.6 Å². The van der Waals surface area contributed by atoms with Crippen molar-refractivity contribution in [3.8, 4) is 0 Å². The Labute approximate surface area is 81.4 Å². The molecule has 0 atom stereocenters. The quantitative estimate of drug-likeness (QED) is 0.663. The van der Waals surface area contributed by atoms with Gasteiger partial charge in [0.15, 0.2) is 0 Å². The van der Waals surface area contributed by atoms with Gasteiger partial charge in [-0.3, -0.25) is 9.97 Å². The van der Waals surface area contributed by atoms with Gasteiger partial charge in [0.1, 0.15) is 0 Å². The first-order valence-corrected chi connectivity index (χ1v) is 4.80. The van der Waals surface area contributed by atoms with Crippen LogP contribution in [0.15, 0.2) is 18.6 Å². The molecule has 2 heteroatoms. The van der Waals surface area contributed by atoms with Crippen molar-refractivity contribution in [1.29, 1.82) is 0 Å². The lowest BCUT2D eigenvalue weighted by Gasteiger charge is -1.99. The van der Waals surface area contributed by atoms with Crippen LogP contribution in [0.2, 0.25) is 0 Å². The van der Waals surface area contributed by atoms with E-state index in [1.54, 1.807) is 18.6 Å². The molecule has 0 bridgehead atoms. The Kier molecular flexibility index (Phi) is 6.11. The first-order valence-electron chi connectivity index (χ1n) is 4.80. The van der Waals surface area contributed by atoms with Gasteiger partial charge in [0.2, 0.25) is 0 Å². The van der Waals surface area contributed by atoms with Gasteiger partial charge < -0.3 is 0 Å². The summed E-state index contributed by atoms with van der Waals surface area (Å²) in [6.07, 6.45) is 5.20. The largest absolute Gasteiger partial charge is 0.261 e. The smallest absolute Gasteiger partial charge is 0.0612 e. The maximum Gasteiger partial charge on any atom is 0.0612 e. The zero-order chi connectivity index (χ0) is 10.3. The number of hydrogen-bond donors (Lipinski definition) is 0. The van der Waals surface area contributed by atoms with Crippen LogP contribution in [0, 0.1) is 5.92 Å². The van der Waals surface area contributed by atoms with Crippen LogP contribution in [0.5, 0.6) is 0 Å². The van der Waals surface area contributed by atoms with E-state index in [0.717, 1.165) is 11.6 Å². The van der Waals surface area contributed by atoms with E-state index in [1.165, 1.54) is 0 Å². The molecule has 1 heterocycles. The van der Waals surface area contributed by atoms with E-state index in [9.17, 15) is 0 Å². The van der Waals surface area contributed by atoms with Gasteiger partial charge >= 0.3 is 0 Å². The summed E-state index contributed by atoms with van der Waals surface area (Å²) in [4.78, 5) is 8.06. The number of rotatable bonds is 1. The van der Waals surface area contributed by atoms with Crippen molar-refractivity contribution in [1.82, 2.24) is 9.97 Å². The summed E-state index contributed by atoms with van der Waals surface area (Å²) in [7, 11) is 0. The predicted octanol–water partition coefficient (Wildman–Crippen LogP) is 3.26. The van der Waals surface area contributed by atoms with Crippen molar-refractivity contribution in [2.75, 3.05) is 0 Å². The second kappa shape index (κ2) is 6.58. The second-order valence-corrected chi connectivity index (χ2v) is 4.02. The molecule has 1 rings (SSSR count). The van der Waals surface area contributed by atoms with Crippen molar-refractivity contribution in [2.45, 2.75) is 40.5 Å². The highest BCUT2D eigenvalue weighted by Gasteiger charge is 1.96. The molecule has 74 valence electrons. The summed E-state index contributed by atoms with van der Waals surface area (Å²) in [5.74, 6) is 1.32. The highest BCUT2D eigenvalue weighted by molar-refractivity contribution is 4.99. The van der Waals surface area contributed by atoms with Crippen molar-refractivity contribution in [3.05, 3.63) is 24.3 Å². The van der Waals surface area contributed by atoms with Gasteiger partial charge in [-0.2, -0.15) is 0 Å². The van der Waals surface area contributed by atoms with Gasteiger partial charge in [0, 0.05) is 18.6 Å². The monoisotopic (exact) mass is 180 g/mol. The first kappa shape index (κ1) is 12.1. The van der Waals surface area contributed by atoms with E-state index in [4.69, 9.17) is 0 Å². The normalized spacial score (nSPS) is 9.77. The van der Waals surface area contributed by atoms with Crippen LogP contribution in [0.4, 0.5) is 0 Å². The molecule has 0 aromatic carbocycles. The zero-order valence-electron chi connectivity index (χ0n) is 9.28. The van der Waals surface area contributed by atoms with Crippen LogP contribution in [-0.2, 0) is 0 Å². The number of nitrogens with zero attached hydrogens (tertiary/aromatic N) is 2. The second-order valence-electron chi connectivity index (χ2n) is 4.02. The third kappa shape index (κ3) is 7.44. The molecule has 0 saturated heterocycles. The van der Waals surface area contributed by atoms with Crippen LogP contribution < -0.4 is 0 Å². The lowest BCUT2D eigenvalue weighted by molar-refractivity contribution is 0.737. The summed E-state index contributed by atoms with van der Waals surface area (Å²) in [6.45, 7) is 10.7. The minimum Gasteiger partial charge on any atom is -0.261 e. The third-order valence-electron chi connectivity index (χ3n) is 1.17. The Balaban J connectivity index is 0.000000310. The van der Waals surface area contributed by atoms with Crippen LogP contribution in [0.25, 0.3) is 0 Å². The van der Waals surface area contributed by atoms with Crippen LogP contribution in [0.1, 0.15) is 46.2 Å². The van der Waals surface area contributed by atoms with Gasteiger partial charge in [-0.25, -0.2) is 0 Å². The van der Waals surface area contributed by atoms with E-state index in [-0.39, 0.29) is 0 Å². The van der Waals surface area contributed by atoms with Gasteiger partial charge in [0.05, 0.1) is 5.69 Å². The molecule has 0 radical (unpaired) electrons. The van der Waals surface area contributed by atoms with Crippen LogP contribution >= 0.6 is 0 Å². The standard InChI is InChI=1S/C7H10N2.C4H10/c1-6(2)7-5-8-3-4-9-7;1-4(2)3/h3-6H,1-2H3;4H,1-3H3. The minimum atomic E-state index is 0.485. The fourth-order valence-electron chi connectivity index (χ4n) is 0.609. The first-order chi connectivity index (χ1) is 6.04. The average molecular weight is 180 g/mol. The molecule has 0 aliphatic heterocycles. The Morgan fingerprint density at radius 2 is 1.54 bits per heavy atom. The lowest BCUT2D eigenvalue weighted by Crippen LogP contribution is -1.91. The maximum atomic E-state index is 4.12. The van der Waals surface area contributed by atoms with Crippen molar-refractivity contribution >= 4 is 0 Å². The van der Waals surface area contributed by atoms with Gasteiger partial charge in [0.25, 0.3) is 0 Å². The Hall–Kier alpha value is -0.920. The zero-order valence-corrected chi connectivity index (χ0v) is 9.28. The fraction of sp³-hybridized carbons (Fsp3) is 0.636. The van der Waals surface area contributed by atoms with Crippen LogP contribution in [-0.4, -0.2) is 9.97 Å². The molecular weight excluding hydrogens is 160 g/mol. The van der Waals surface area contributed by atoms with Gasteiger partial charge in [-0.1, -0.05) is 34.6 Å². The molecule has 0 N–H and O–H groups in total. The molecule has 0 fully saturated rings. The SMILES string of the molecule is CC(C)C.CC(C)c1cnccn1. The molecule has 0 amide bonds. The molecule has 0 aliphatic rings. The van der Waals surface area contributed by atoms with E-state index >= 15 is 0 Å². The van der Waals surface area contributed by atoms with Crippen molar-refractivity contribution in [3.63, 3.8) is 0 Å². The summed E-state index contributed by atoms with van der Waals surface area (Å²) < 4.78 is 0. The van der Waals surface area contributed by atoms with Gasteiger partial charge in [-0.05, 0) is 11.8 Å². The molecule has 0 unspecified atom stereocenters. The van der Waals surface area contributed by atoms with E-state index in [1.807, 2.05) is 0 Å². The Bertz CT molecular complexity index is 202. The number of hydrogen-bond acceptors (Lipinski definition) is 2. The number of aromatic nitrogens is 2. The van der Waals surface area contributed by atoms with E-state index < -0.39 is 0 Å². The summed E-state index contributed by atoms with van der Waals surface area (Å²) in [5.41, 5.74) is 1.05. The maximum absolute atomic E-state index is 4.12. The van der Waals surface area contributed by atoms with Crippen LogP contribution in [0.3, 0.4) is 0 Å². The Morgan fingerprint density at radius 1 is 1.00 bits per heavy atom. The summed E-state index contributed by atoms with van der Waals surface area (Å²) in [5, 5.41) is 0. The molecule has 2 nitrogen and oxygen atoms in total. The topological polar surface area (TPSA) is 25.8 Å². The molecule has 1 aromatic heterocycles. The fourth-order valence-corrected chi connectivity index (χ4v) is 0.609. The molecule has 13 heavy (non-hydrogen) atoms. The van der Waals surface area contributed by atoms with Crippen molar-refractivity contribution in [2.24, 2.45) is 5.92 Å². The lowest BCUT2D eigenvalue weighted by atomic mass is 10.1. The third-order valence-corrected chi connectivity index (χ3v) is 1.17. The predicted molar refractivity (Wildman–Crippen MR) is 56.6 cm³/mol. The molecule has 0 aliphatic carbocycles. The highest BCUT2D eigenvalue weighted by Crippen LogP contribution is 2.06. The van der Waals surface area contributed by atoms with Crippen molar-refractivity contribution < 1.29 is 0 Å². The Morgan fingerprint density at radius 3 is 1.77 bits per heavy atom. The molecular formula is C11H20N2. The van der Waals surface area contributed by atoms with E-state index in [0.29, 0.717) is 5.92 Å².